The van der Waals surface area contributed by atoms with E-state index in [9.17, 15) is 9.18 Å². The van der Waals surface area contributed by atoms with Gasteiger partial charge in [-0.05, 0) is 24.0 Å². The number of benzene rings is 1. The lowest BCUT2D eigenvalue weighted by molar-refractivity contribution is -0.138. The highest BCUT2D eigenvalue weighted by Crippen LogP contribution is 2.24. The largest absolute Gasteiger partial charge is 0.481 e. The second kappa shape index (κ2) is 6.53. The van der Waals surface area contributed by atoms with Crippen molar-refractivity contribution in [1.29, 1.82) is 0 Å². The summed E-state index contributed by atoms with van der Waals surface area (Å²) in [5, 5.41) is 9.07. The van der Waals surface area contributed by atoms with Crippen LogP contribution in [0.3, 0.4) is 0 Å². The molecule has 0 amide bonds. The Morgan fingerprint density at radius 3 is 2.75 bits per heavy atom. The predicted molar refractivity (Wildman–Crippen MR) is 64.4 cm³/mol. The van der Waals surface area contributed by atoms with Gasteiger partial charge in [-0.15, -0.1) is 0 Å². The van der Waals surface area contributed by atoms with E-state index in [-0.39, 0.29) is 5.56 Å². The van der Waals surface area contributed by atoms with Crippen molar-refractivity contribution in [2.24, 2.45) is 0 Å². The maximum atomic E-state index is 13.4. The molecule has 0 saturated carbocycles. The van der Waals surface area contributed by atoms with Gasteiger partial charge in [-0.2, -0.15) is 11.8 Å². The van der Waals surface area contributed by atoms with Crippen LogP contribution in [0.2, 0.25) is 0 Å². The minimum absolute atomic E-state index is 0.284. The van der Waals surface area contributed by atoms with E-state index in [0.29, 0.717) is 6.42 Å². The van der Waals surface area contributed by atoms with Crippen LogP contribution in [0.1, 0.15) is 24.8 Å². The summed E-state index contributed by atoms with van der Waals surface area (Å²) in [6.45, 7) is 2.02. The van der Waals surface area contributed by atoms with E-state index in [1.807, 2.05) is 6.92 Å². The number of carboxylic acids is 1. The van der Waals surface area contributed by atoms with Crippen LogP contribution in [-0.2, 0) is 4.79 Å². The zero-order chi connectivity index (χ0) is 12.0. The lowest BCUT2D eigenvalue weighted by Crippen LogP contribution is -2.14. The van der Waals surface area contributed by atoms with Gasteiger partial charge in [0.15, 0.2) is 0 Å². The highest BCUT2D eigenvalue weighted by molar-refractivity contribution is 7.99. The molecule has 1 N–H and O–H groups in total. The Kier molecular flexibility index (Phi) is 5.32. The molecule has 0 bridgehead atoms. The second-order valence-corrected chi connectivity index (χ2v) is 4.79. The molecule has 88 valence electrons. The second-order valence-electron chi connectivity index (χ2n) is 3.40. The quantitative estimate of drug-likeness (QED) is 0.779. The van der Waals surface area contributed by atoms with Crippen molar-refractivity contribution in [3.05, 3.63) is 35.6 Å². The normalized spacial score (nSPS) is 12.4. The van der Waals surface area contributed by atoms with E-state index in [1.54, 1.807) is 30.0 Å². The third-order valence-electron chi connectivity index (χ3n) is 2.33. The number of carbonyl (C=O) groups is 1. The molecule has 0 aromatic heterocycles. The van der Waals surface area contributed by atoms with Crippen LogP contribution in [0.25, 0.3) is 0 Å². The van der Waals surface area contributed by atoms with Gasteiger partial charge in [-0.1, -0.05) is 25.1 Å². The molecule has 0 aliphatic carbocycles. The van der Waals surface area contributed by atoms with Crippen LogP contribution in [0.5, 0.6) is 0 Å². The van der Waals surface area contributed by atoms with Crippen LogP contribution in [0.4, 0.5) is 4.39 Å². The first-order chi connectivity index (χ1) is 7.66. The molecule has 1 aromatic carbocycles. The van der Waals surface area contributed by atoms with Gasteiger partial charge in [0.05, 0.1) is 5.92 Å². The van der Waals surface area contributed by atoms with E-state index >= 15 is 0 Å². The van der Waals surface area contributed by atoms with Crippen LogP contribution in [-0.4, -0.2) is 22.6 Å². The van der Waals surface area contributed by atoms with Crippen LogP contribution in [0, 0.1) is 5.82 Å². The summed E-state index contributed by atoms with van der Waals surface area (Å²) >= 11 is 1.67. The fourth-order valence-corrected chi connectivity index (χ4v) is 2.21. The number of hydrogen-bond donors (Lipinski definition) is 1. The zero-order valence-corrected chi connectivity index (χ0v) is 9.97. The third-order valence-corrected chi connectivity index (χ3v) is 3.27. The summed E-state index contributed by atoms with van der Waals surface area (Å²) in [7, 11) is 0. The monoisotopic (exact) mass is 242 g/mol. The van der Waals surface area contributed by atoms with Crippen LogP contribution in [0.15, 0.2) is 24.3 Å². The highest BCUT2D eigenvalue weighted by atomic mass is 32.2. The molecule has 1 aromatic rings. The summed E-state index contributed by atoms with van der Waals surface area (Å²) in [5.74, 6) is -0.441. The summed E-state index contributed by atoms with van der Waals surface area (Å²) in [6.07, 6.45) is 0.467. The van der Waals surface area contributed by atoms with Gasteiger partial charge < -0.3 is 5.11 Å². The molecular formula is C12H15FO2S. The fourth-order valence-electron chi connectivity index (χ4n) is 1.52. The fraction of sp³-hybridized carbons (Fsp3) is 0.417. The van der Waals surface area contributed by atoms with E-state index in [1.165, 1.54) is 6.07 Å². The maximum absolute atomic E-state index is 13.4. The van der Waals surface area contributed by atoms with Gasteiger partial charge >= 0.3 is 5.97 Å². The number of halogens is 1. The minimum atomic E-state index is -0.957. The lowest BCUT2D eigenvalue weighted by Gasteiger charge is -2.12. The molecule has 1 unspecified atom stereocenters. The number of hydrogen-bond acceptors (Lipinski definition) is 2. The average Bonchev–Trinajstić information content (AvgIpc) is 2.25. The van der Waals surface area contributed by atoms with Gasteiger partial charge in [0.25, 0.3) is 0 Å². The molecule has 0 radical (unpaired) electrons. The molecular weight excluding hydrogens is 227 g/mol. The molecule has 1 atom stereocenters. The topological polar surface area (TPSA) is 37.3 Å². The van der Waals surface area contributed by atoms with E-state index < -0.39 is 17.7 Å². The Balaban J connectivity index is 2.78. The van der Waals surface area contributed by atoms with Crippen molar-refractivity contribution < 1.29 is 14.3 Å². The van der Waals surface area contributed by atoms with Crippen molar-refractivity contribution in [1.82, 2.24) is 0 Å². The Bertz CT molecular complexity index is 355. The van der Waals surface area contributed by atoms with E-state index in [2.05, 4.69) is 0 Å². The molecule has 0 saturated heterocycles. The lowest BCUT2D eigenvalue weighted by atomic mass is 9.96. The van der Waals surface area contributed by atoms with Gasteiger partial charge in [-0.25, -0.2) is 4.39 Å². The van der Waals surface area contributed by atoms with Crippen molar-refractivity contribution in [3.8, 4) is 0 Å². The number of rotatable bonds is 6. The average molecular weight is 242 g/mol. The SMILES string of the molecule is CCSCCC(C(=O)O)c1ccccc1F. The van der Waals surface area contributed by atoms with Crippen molar-refractivity contribution in [2.45, 2.75) is 19.3 Å². The molecule has 0 aliphatic heterocycles. The van der Waals surface area contributed by atoms with Crippen molar-refractivity contribution >= 4 is 17.7 Å². The molecule has 16 heavy (non-hydrogen) atoms. The Labute approximate surface area is 98.9 Å². The molecule has 0 fully saturated rings. The van der Waals surface area contributed by atoms with Crippen LogP contribution < -0.4 is 0 Å². The standard InChI is InChI=1S/C12H15FO2S/c1-2-16-8-7-10(12(14)15)9-5-3-4-6-11(9)13/h3-6,10H,2,7-8H2,1H3,(H,14,15). The van der Waals surface area contributed by atoms with Gasteiger partial charge in [0, 0.05) is 5.56 Å². The summed E-state index contributed by atoms with van der Waals surface area (Å²) in [6, 6.07) is 6.09. The predicted octanol–water partition coefficient (Wildman–Crippen LogP) is 3.14. The number of aliphatic carboxylic acids is 1. The number of carboxylic acid groups (broad SMARTS) is 1. The molecule has 0 spiro atoms. The highest BCUT2D eigenvalue weighted by Gasteiger charge is 2.22. The smallest absolute Gasteiger partial charge is 0.311 e. The minimum Gasteiger partial charge on any atom is -0.481 e. The van der Waals surface area contributed by atoms with E-state index in [0.717, 1.165) is 11.5 Å². The maximum Gasteiger partial charge on any atom is 0.311 e. The summed E-state index contributed by atoms with van der Waals surface area (Å²) in [5.41, 5.74) is 0.284. The molecule has 1 rings (SSSR count). The Morgan fingerprint density at radius 2 is 2.19 bits per heavy atom. The Morgan fingerprint density at radius 1 is 1.50 bits per heavy atom. The first-order valence-electron chi connectivity index (χ1n) is 5.21. The van der Waals surface area contributed by atoms with Crippen LogP contribution >= 0.6 is 11.8 Å². The zero-order valence-electron chi connectivity index (χ0n) is 9.15. The van der Waals surface area contributed by atoms with Gasteiger partial charge in [0.2, 0.25) is 0 Å². The first-order valence-corrected chi connectivity index (χ1v) is 6.37. The van der Waals surface area contributed by atoms with Gasteiger partial charge in [0.1, 0.15) is 5.82 Å². The molecule has 4 heteroatoms. The molecule has 2 nitrogen and oxygen atoms in total. The Hall–Kier alpha value is -1.03. The van der Waals surface area contributed by atoms with Crippen molar-refractivity contribution in [2.75, 3.05) is 11.5 Å². The molecule has 0 heterocycles. The van der Waals surface area contributed by atoms with Gasteiger partial charge in [-0.3, -0.25) is 4.79 Å². The van der Waals surface area contributed by atoms with E-state index in [4.69, 9.17) is 5.11 Å². The molecule has 0 aliphatic rings. The van der Waals surface area contributed by atoms with Crippen molar-refractivity contribution in [3.63, 3.8) is 0 Å². The third kappa shape index (κ3) is 3.52. The number of thioether (sulfide) groups is 1. The first kappa shape index (κ1) is 13.0. The summed E-state index contributed by atoms with van der Waals surface area (Å²) in [4.78, 5) is 11.1. The summed E-state index contributed by atoms with van der Waals surface area (Å²) < 4.78 is 13.4.